The topological polar surface area (TPSA) is 36.4 Å². The number of amides is 1. The van der Waals surface area contributed by atoms with E-state index in [9.17, 15) is 4.79 Å². The van der Waals surface area contributed by atoms with Gasteiger partial charge in [0, 0.05) is 36.9 Å². The predicted molar refractivity (Wildman–Crippen MR) is 115 cm³/mol. The molecule has 0 radical (unpaired) electrons. The maximum atomic E-state index is 12.6. The Kier molecular flexibility index (Phi) is 5.57. The van der Waals surface area contributed by atoms with E-state index in [0.717, 1.165) is 40.7 Å². The number of carbonyl (C=O) groups is 1. The number of rotatable bonds is 4. The lowest BCUT2D eigenvalue weighted by atomic mass is 10.2. The molecule has 0 bridgehead atoms. The standard InChI is InChI=1S/C20H20ClN3OS2/c1-14-3-2-4-16(11-14)23-7-9-24(10-8-23)19(25)13-26-20-22-17-12-15(21)5-6-18(17)27-20/h2-6,11-12H,7-10,13H2,1H3. The zero-order valence-electron chi connectivity index (χ0n) is 15.0. The summed E-state index contributed by atoms with van der Waals surface area (Å²) in [7, 11) is 0. The quantitative estimate of drug-likeness (QED) is 0.576. The Morgan fingerprint density at radius 1 is 1.19 bits per heavy atom. The van der Waals surface area contributed by atoms with Crippen molar-refractivity contribution in [2.75, 3.05) is 36.8 Å². The number of carbonyl (C=O) groups excluding carboxylic acids is 1. The molecule has 0 spiro atoms. The van der Waals surface area contributed by atoms with Crippen LogP contribution in [-0.4, -0.2) is 47.7 Å². The zero-order chi connectivity index (χ0) is 18.8. The van der Waals surface area contributed by atoms with Gasteiger partial charge in [-0.3, -0.25) is 4.79 Å². The summed E-state index contributed by atoms with van der Waals surface area (Å²) in [6.07, 6.45) is 0. The van der Waals surface area contributed by atoms with Gasteiger partial charge in [0.25, 0.3) is 0 Å². The lowest BCUT2D eigenvalue weighted by molar-refractivity contribution is -0.128. The molecule has 4 nitrogen and oxygen atoms in total. The van der Waals surface area contributed by atoms with Gasteiger partial charge in [0.15, 0.2) is 4.34 Å². The number of thioether (sulfide) groups is 1. The monoisotopic (exact) mass is 417 g/mol. The van der Waals surface area contributed by atoms with Crippen LogP contribution in [0, 0.1) is 6.92 Å². The summed E-state index contributed by atoms with van der Waals surface area (Å²) in [6.45, 7) is 5.39. The maximum Gasteiger partial charge on any atom is 0.233 e. The second kappa shape index (κ2) is 8.09. The second-order valence-electron chi connectivity index (χ2n) is 6.59. The molecular weight excluding hydrogens is 398 g/mol. The average Bonchev–Trinajstić information content (AvgIpc) is 3.08. The molecule has 0 atom stereocenters. The van der Waals surface area contributed by atoms with Crippen molar-refractivity contribution in [3.63, 3.8) is 0 Å². The normalized spacial score (nSPS) is 14.7. The average molecular weight is 418 g/mol. The number of hydrogen-bond acceptors (Lipinski definition) is 5. The molecule has 2 heterocycles. The van der Waals surface area contributed by atoms with E-state index < -0.39 is 0 Å². The molecule has 1 aliphatic heterocycles. The van der Waals surface area contributed by atoms with Crippen molar-refractivity contribution in [1.82, 2.24) is 9.88 Å². The van der Waals surface area contributed by atoms with Crippen LogP contribution in [0.5, 0.6) is 0 Å². The van der Waals surface area contributed by atoms with E-state index >= 15 is 0 Å². The predicted octanol–water partition coefficient (Wildman–Crippen LogP) is 4.70. The molecule has 3 aromatic rings. The first kappa shape index (κ1) is 18.6. The van der Waals surface area contributed by atoms with Crippen molar-refractivity contribution in [3.05, 3.63) is 53.1 Å². The third-order valence-corrected chi connectivity index (χ3v) is 7.05. The van der Waals surface area contributed by atoms with E-state index in [1.807, 2.05) is 23.1 Å². The highest BCUT2D eigenvalue weighted by Crippen LogP contribution is 2.31. The first-order chi connectivity index (χ1) is 13.1. The first-order valence-corrected chi connectivity index (χ1v) is 11.0. The third-order valence-electron chi connectivity index (χ3n) is 4.65. The summed E-state index contributed by atoms with van der Waals surface area (Å²) in [5.74, 6) is 0.610. The number of thiazole rings is 1. The minimum absolute atomic E-state index is 0.182. The van der Waals surface area contributed by atoms with Gasteiger partial charge in [-0.1, -0.05) is 35.5 Å². The van der Waals surface area contributed by atoms with E-state index in [0.29, 0.717) is 10.8 Å². The molecule has 1 fully saturated rings. The number of piperazine rings is 1. The summed E-state index contributed by atoms with van der Waals surface area (Å²) in [5.41, 5.74) is 3.40. The van der Waals surface area contributed by atoms with Gasteiger partial charge in [0.2, 0.25) is 5.91 Å². The van der Waals surface area contributed by atoms with E-state index in [1.165, 1.54) is 23.0 Å². The molecule has 0 aliphatic carbocycles. The number of aromatic nitrogens is 1. The van der Waals surface area contributed by atoms with Crippen LogP contribution in [0.15, 0.2) is 46.8 Å². The Morgan fingerprint density at radius 2 is 2.00 bits per heavy atom. The van der Waals surface area contributed by atoms with Crippen molar-refractivity contribution >= 4 is 56.5 Å². The number of nitrogens with zero attached hydrogens (tertiary/aromatic N) is 3. The smallest absolute Gasteiger partial charge is 0.233 e. The number of halogens is 1. The van der Waals surface area contributed by atoms with Crippen molar-refractivity contribution in [1.29, 1.82) is 0 Å². The highest BCUT2D eigenvalue weighted by atomic mass is 35.5. The van der Waals surface area contributed by atoms with Crippen LogP contribution in [0.2, 0.25) is 5.02 Å². The Bertz CT molecular complexity index is 967. The summed E-state index contributed by atoms with van der Waals surface area (Å²) in [4.78, 5) is 21.5. The van der Waals surface area contributed by atoms with E-state index in [-0.39, 0.29) is 5.91 Å². The molecule has 0 unspecified atom stereocenters. The van der Waals surface area contributed by atoms with Crippen LogP contribution >= 0.6 is 34.7 Å². The fraction of sp³-hybridized carbons (Fsp3) is 0.300. The fourth-order valence-electron chi connectivity index (χ4n) is 3.19. The molecule has 1 aromatic heterocycles. The number of aryl methyl sites for hydroxylation is 1. The van der Waals surface area contributed by atoms with Gasteiger partial charge < -0.3 is 9.80 Å². The second-order valence-corrected chi connectivity index (χ2v) is 9.28. The van der Waals surface area contributed by atoms with Crippen molar-refractivity contribution in [2.45, 2.75) is 11.3 Å². The summed E-state index contributed by atoms with van der Waals surface area (Å²) < 4.78 is 2.01. The van der Waals surface area contributed by atoms with Crippen LogP contribution < -0.4 is 4.90 Å². The Hall–Kier alpha value is -1.76. The Balaban J connectivity index is 1.31. The minimum atomic E-state index is 0.182. The molecule has 2 aromatic carbocycles. The van der Waals surface area contributed by atoms with E-state index in [2.05, 4.69) is 41.1 Å². The Morgan fingerprint density at radius 3 is 2.78 bits per heavy atom. The van der Waals surface area contributed by atoms with Crippen molar-refractivity contribution in [3.8, 4) is 0 Å². The number of hydrogen-bond donors (Lipinski definition) is 0. The van der Waals surface area contributed by atoms with Gasteiger partial charge in [0.05, 0.1) is 16.0 Å². The molecule has 7 heteroatoms. The third kappa shape index (κ3) is 4.39. The fourth-order valence-corrected chi connectivity index (χ4v) is 5.31. The van der Waals surface area contributed by atoms with Gasteiger partial charge in [-0.05, 0) is 42.8 Å². The van der Waals surface area contributed by atoms with Crippen LogP contribution in [0.4, 0.5) is 5.69 Å². The summed E-state index contributed by atoms with van der Waals surface area (Å²) in [6, 6.07) is 14.2. The lowest BCUT2D eigenvalue weighted by Gasteiger charge is -2.36. The van der Waals surface area contributed by atoms with Crippen molar-refractivity contribution < 1.29 is 4.79 Å². The largest absolute Gasteiger partial charge is 0.368 e. The van der Waals surface area contributed by atoms with Gasteiger partial charge in [0.1, 0.15) is 0 Å². The zero-order valence-corrected chi connectivity index (χ0v) is 17.4. The molecular formula is C20H20ClN3OS2. The van der Waals surface area contributed by atoms with Crippen LogP contribution in [0.3, 0.4) is 0 Å². The molecule has 0 saturated carbocycles. The molecule has 0 N–H and O–H groups in total. The number of anilines is 1. The van der Waals surface area contributed by atoms with Crippen molar-refractivity contribution in [2.24, 2.45) is 0 Å². The van der Waals surface area contributed by atoms with Gasteiger partial charge >= 0.3 is 0 Å². The number of benzene rings is 2. The van der Waals surface area contributed by atoms with E-state index in [4.69, 9.17) is 11.6 Å². The lowest BCUT2D eigenvalue weighted by Crippen LogP contribution is -2.49. The molecule has 4 rings (SSSR count). The van der Waals surface area contributed by atoms with Gasteiger partial charge in [-0.15, -0.1) is 11.3 Å². The molecule has 1 amide bonds. The highest BCUT2D eigenvalue weighted by molar-refractivity contribution is 8.01. The SMILES string of the molecule is Cc1cccc(N2CCN(C(=O)CSc3nc4cc(Cl)ccc4s3)CC2)c1. The minimum Gasteiger partial charge on any atom is -0.368 e. The molecule has 140 valence electrons. The number of fused-ring (bicyclic) bond motifs is 1. The molecule has 1 aliphatic rings. The van der Waals surface area contributed by atoms with Crippen LogP contribution in [-0.2, 0) is 4.79 Å². The van der Waals surface area contributed by atoms with Crippen LogP contribution in [0.1, 0.15) is 5.56 Å². The maximum absolute atomic E-state index is 12.6. The molecule has 1 saturated heterocycles. The van der Waals surface area contributed by atoms with Gasteiger partial charge in [-0.25, -0.2) is 4.98 Å². The Labute approximate surface area is 172 Å². The van der Waals surface area contributed by atoms with Gasteiger partial charge in [-0.2, -0.15) is 0 Å². The summed E-state index contributed by atoms with van der Waals surface area (Å²) >= 11 is 9.13. The highest BCUT2D eigenvalue weighted by Gasteiger charge is 2.21. The van der Waals surface area contributed by atoms with Crippen LogP contribution in [0.25, 0.3) is 10.2 Å². The van der Waals surface area contributed by atoms with E-state index in [1.54, 1.807) is 11.3 Å². The first-order valence-electron chi connectivity index (χ1n) is 8.87. The summed E-state index contributed by atoms with van der Waals surface area (Å²) in [5, 5.41) is 0.687. The molecule has 27 heavy (non-hydrogen) atoms.